The third-order valence-corrected chi connectivity index (χ3v) is 3.54. The quantitative estimate of drug-likeness (QED) is 0.456. The van der Waals surface area contributed by atoms with E-state index < -0.39 is 11.6 Å². The summed E-state index contributed by atoms with van der Waals surface area (Å²) in [6, 6.07) is 3.37. The molecule has 1 aliphatic heterocycles. The Morgan fingerprint density at radius 1 is 1.39 bits per heavy atom. The molecule has 0 amide bonds. The number of benzene rings is 1. The van der Waals surface area contributed by atoms with Gasteiger partial charge in [-0.3, -0.25) is 4.99 Å². The van der Waals surface area contributed by atoms with Crippen molar-refractivity contribution in [2.45, 2.75) is 25.5 Å². The van der Waals surface area contributed by atoms with Gasteiger partial charge in [-0.15, -0.1) is 0 Å². The number of hydrogen-bond acceptors (Lipinski definition) is 3. The van der Waals surface area contributed by atoms with Crippen LogP contribution in [0.1, 0.15) is 18.4 Å². The zero-order valence-electron chi connectivity index (χ0n) is 13.3. The summed E-state index contributed by atoms with van der Waals surface area (Å²) >= 11 is 0. The van der Waals surface area contributed by atoms with E-state index in [0.717, 1.165) is 31.6 Å². The van der Waals surface area contributed by atoms with E-state index in [1.165, 1.54) is 6.07 Å². The lowest BCUT2D eigenvalue weighted by molar-refractivity contribution is 0.0191. The van der Waals surface area contributed by atoms with E-state index in [-0.39, 0.29) is 18.2 Å². The average Bonchev–Trinajstić information content (AvgIpc) is 3.06. The molecule has 1 fully saturated rings. The number of nitrogens with zero attached hydrogens (tertiary/aromatic N) is 1. The highest BCUT2D eigenvalue weighted by Gasteiger charge is 2.14. The Labute approximate surface area is 135 Å². The Hall–Kier alpha value is -1.73. The van der Waals surface area contributed by atoms with Gasteiger partial charge in [0.15, 0.2) is 5.96 Å². The van der Waals surface area contributed by atoms with Crippen molar-refractivity contribution >= 4 is 5.96 Å². The van der Waals surface area contributed by atoms with Gasteiger partial charge in [0.25, 0.3) is 0 Å². The number of rotatable bonds is 7. The SMILES string of the molecule is CN=C(NCCOCC1CCCO1)NCc1cc(F)ccc1F. The zero-order chi connectivity index (χ0) is 16.5. The van der Waals surface area contributed by atoms with Crippen LogP contribution >= 0.6 is 0 Å². The normalized spacial score (nSPS) is 18.2. The molecule has 2 N–H and O–H groups in total. The van der Waals surface area contributed by atoms with E-state index in [9.17, 15) is 8.78 Å². The van der Waals surface area contributed by atoms with E-state index in [4.69, 9.17) is 9.47 Å². The van der Waals surface area contributed by atoms with E-state index in [1.807, 2.05) is 0 Å². The van der Waals surface area contributed by atoms with Crippen molar-refractivity contribution < 1.29 is 18.3 Å². The lowest BCUT2D eigenvalue weighted by atomic mass is 10.2. The molecule has 0 aromatic heterocycles. The predicted octanol–water partition coefficient (Wildman–Crippen LogP) is 1.83. The molecule has 0 aliphatic carbocycles. The summed E-state index contributed by atoms with van der Waals surface area (Å²) in [7, 11) is 1.62. The van der Waals surface area contributed by atoms with Crippen LogP contribution in [0.25, 0.3) is 0 Å². The molecule has 0 saturated carbocycles. The van der Waals surface area contributed by atoms with Crippen molar-refractivity contribution in [3.8, 4) is 0 Å². The molecular weight excluding hydrogens is 304 g/mol. The van der Waals surface area contributed by atoms with Gasteiger partial charge in [0.05, 0.1) is 19.3 Å². The third kappa shape index (κ3) is 6.11. The Morgan fingerprint density at radius 2 is 2.26 bits per heavy atom. The summed E-state index contributed by atoms with van der Waals surface area (Å²) in [4.78, 5) is 4.03. The molecule has 1 unspecified atom stereocenters. The Kier molecular flexibility index (Phi) is 7.22. The summed E-state index contributed by atoms with van der Waals surface area (Å²) in [5, 5.41) is 5.99. The number of aliphatic imine (C=N–C) groups is 1. The highest BCUT2D eigenvalue weighted by atomic mass is 19.1. The maximum absolute atomic E-state index is 13.5. The van der Waals surface area contributed by atoms with Crippen LogP contribution < -0.4 is 10.6 Å². The summed E-state index contributed by atoms with van der Waals surface area (Å²) in [6.45, 7) is 2.66. The zero-order valence-corrected chi connectivity index (χ0v) is 13.3. The molecule has 1 aliphatic rings. The first-order valence-corrected chi connectivity index (χ1v) is 7.77. The fraction of sp³-hybridized carbons (Fsp3) is 0.562. The molecular formula is C16H23F2N3O2. The van der Waals surface area contributed by atoms with Crippen molar-refractivity contribution in [1.29, 1.82) is 0 Å². The van der Waals surface area contributed by atoms with Crippen LogP contribution in [0.15, 0.2) is 23.2 Å². The number of ether oxygens (including phenoxy) is 2. The largest absolute Gasteiger partial charge is 0.377 e. The molecule has 23 heavy (non-hydrogen) atoms. The van der Waals surface area contributed by atoms with E-state index in [2.05, 4.69) is 15.6 Å². The first kappa shape index (κ1) is 17.6. The first-order valence-electron chi connectivity index (χ1n) is 7.77. The Bertz CT molecular complexity index is 520. The van der Waals surface area contributed by atoms with Crippen molar-refractivity contribution in [2.75, 3.05) is 33.4 Å². The first-order chi connectivity index (χ1) is 11.2. The van der Waals surface area contributed by atoms with Gasteiger partial charge < -0.3 is 20.1 Å². The highest BCUT2D eigenvalue weighted by molar-refractivity contribution is 5.79. The second-order valence-corrected chi connectivity index (χ2v) is 5.30. The van der Waals surface area contributed by atoms with Gasteiger partial charge in [-0.25, -0.2) is 8.78 Å². The minimum atomic E-state index is -0.464. The van der Waals surface area contributed by atoms with Crippen LogP contribution in [0.4, 0.5) is 8.78 Å². The van der Waals surface area contributed by atoms with Crippen LogP contribution in [0.2, 0.25) is 0 Å². The molecule has 1 heterocycles. The molecule has 128 valence electrons. The van der Waals surface area contributed by atoms with E-state index in [0.29, 0.717) is 25.7 Å². The minimum absolute atomic E-state index is 0.153. The molecule has 2 rings (SSSR count). The minimum Gasteiger partial charge on any atom is -0.377 e. The highest BCUT2D eigenvalue weighted by Crippen LogP contribution is 2.11. The summed E-state index contributed by atoms with van der Waals surface area (Å²) < 4.78 is 37.6. The summed E-state index contributed by atoms with van der Waals surface area (Å²) in [5.74, 6) is -0.405. The topological polar surface area (TPSA) is 54.9 Å². The molecule has 0 spiro atoms. The number of nitrogens with one attached hydrogen (secondary N) is 2. The van der Waals surface area contributed by atoms with Crippen LogP contribution in [-0.4, -0.2) is 45.5 Å². The number of hydrogen-bond donors (Lipinski definition) is 2. The van der Waals surface area contributed by atoms with Gasteiger partial charge in [0.2, 0.25) is 0 Å². The number of halogens is 2. The lowest BCUT2D eigenvalue weighted by Crippen LogP contribution is -2.38. The van der Waals surface area contributed by atoms with Gasteiger partial charge in [0.1, 0.15) is 11.6 Å². The van der Waals surface area contributed by atoms with Crippen molar-refractivity contribution in [2.24, 2.45) is 4.99 Å². The Morgan fingerprint density at radius 3 is 3.00 bits per heavy atom. The van der Waals surface area contributed by atoms with E-state index in [1.54, 1.807) is 7.05 Å². The molecule has 0 bridgehead atoms. The molecule has 7 heteroatoms. The average molecular weight is 327 g/mol. The number of guanidine groups is 1. The van der Waals surface area contributed by atoms with Crippen LogP contribution in [0.5, 0.6) is 0 Å². The van der Waals surface area contributed by atoms with Gasteiger partial charge in [-0.05, 0) is 31.0 Å². The Balaban J connectivity index is 1.64. The van der Waals surface area contributed by atoms with Crippen molar-refractivity contribution in [3.05, 3.63) is 35.4 Å². The van der Waals surface area contributed by atoms with Gasteiger partial charge >= 0.3 is 0 Å². The predicted molar refractivity (Wildman–Crippen MR) is 84.4 cm³/mol. The summed E-state index contributed by atoms with van der Waals surface area (Å²) in [6.07, 6.45) is 2.36. The lowest BCUT2D eigenvalue weighted by Gasteiger charge is -2.13. The van der Waals surface area contributed by atoms with Crippen molar-refractivity contribution in [1.82, 2.24) is 10.6 Å². The van der Waals surface area contributed by atoms with Gasteiger partial charge in [-0.1, -0.05) is 0 Å². The second-order valence-electron chi connectivity index (χ2n) is 5.30. The standard InChI is InChI=1S/C16H23F2N3O2/c1-19-16(20-6-8-22-11-14-3-2-7-23-14)21-10-12-9-13(17)4-5-15(12)18/h4-5,9,14H,2-3,6-8,10-11H2,1H3,(H2,19,20,21). The second kappa shape index (κ2) is 9.42. The van der Waals surface area contributed by atoms with Gasteiger partial charge in [0, 0.05) is 32.3 Å². The van der Waals surface area contributed by atoms with E-state index >= 15 is 0 Å². The maximum Gasteiger partial charge on any atom is 0.191 e. The monoisotopic (exact) mass is 327 g/mol. The molecule has 1 aromatic rings. The molecule has 1 aromatic carbocycles. The fourth-order valence-corrected chi connectivity index (χ4v) is 2.31. The fourth-order valence-electron chi connectivity index (χ4n) is 2.31. The molecule has 1 atom stereocenters. The van der Waals surface area contributed by atoms with Gasteiger partial charge in [-0.2, -0.15) is 0 Å². The summed E-state index contributed by atoms with van der Waals surface area (Å²) in [5.41, 5.74) is 0.252. The van der Waals surface area contributed by atoms with Crippen LogP contribution in [0.3, 0.4) is 0 Å². The van der Waals surface area contributed by atoms with Crippen molar-refractivity contribution in [3.63, 3.8) is 0 Å². The van der Waals surface area contributed by atoms with Crippen LogP contribution in [-0.2, 0) is 16.0 Å². The molecule has 0 radical (unpaired) electrons. The molecule has 1 saturated heterocycles. The molecule has 5 nitrogen and oxygen atoms in total. The van der Waals surface area contributed by atoms with Crippen LogP contribution in [0, 0.1) is 11.6 Å². The maximum atomic E-state index is 13.5. The smallest absolute Gasteiger partial charge is 0.191 e. The third-order valence-electron chi connectivity index (χ3n) is 3.54.